The molecule has 2 aromatic rings. The van der Waals surface area contributed by atoms with Gasteiger partial charge >= 0.3 is 6.18 Å². The molecule has 1 aromatic heterocycles. The molecule has 1 amide bonds. The van der Waals surface area contributed by atoms with Crippen molar-refractivity contribution in [1.82, 2.24) is 15.1 Å². The molecule has 8 heteroatoms. The van der Waals surface area contributed by atoms with Crippen LogP contribution in [0.3, 0.4) is 0 Å². The average molecular weight is 353 g/mol. The highest BCUT2D eigenvalue weighted by Crippen LogP contribution is 2.29. The summed E-state index contributed by atoms with van der Waals surface area (Å²) in [5.41, 5.74) is 1.11. The van der Waals surface area contributed by atoms with Gasteiger partial charge in [0.25, 0.3) is 5.91 Å². The van der Waals surface area contributed by atoms with Gasteiger partial charge in [-0.05, 0) is 43.7 Å². The Bertz CT molecular complexity index is 755. The molecule has 1 aliphatic heterocycles. The number of amides is 1. The van der Waals surface area contributed by atoms with Crippen LogP contribution in [0, 0.1) is 12.8 Å². The SMILES string of the molecule is Cc1cc(C[C@@H]2CN(C(=O)c3ccc(C(F)(F)F)cc3)C[C@H]2O)n[nH]1. The zero-order valence-electron chi connectivity index (χ0n) is 13.5. The molecule has 0 unspecified atom stereocenters. The van der Waals surface area contributed by atoms with E-state index in [4.69, 9.17) is 0 Å². The zero-order chi connectivity index (χ0) is 18.2. The van der Waals surface area contributed by atoms with Gasteiger partial charge in [-0.1, -0.05) is 0 Å². The van der Waals surface area contributed by atoms with E-state index >= 15 is 0 Å². The Hall–Kier alpha value is -2.35. The lowest BCUT2D eigenvalue weighted by Gasteiger charge is -2.16. The van der Waals surface area contributed by atoms with E-state index < -0.39 is 17.8 Å². The maximum absolute atomic E-state index is 12.6. The summed E-state index contributed by atoms with van der Waals surface area (Å²) in [5, 5.41) is 17.2. The number of alkyl halides is 3. The number of carbonyl (C=O) groups excluding carboxylic acids is 1. The number of halogens is 3. The lowest BCUT2D eigenvalue weighted by Crippen LogP contribution is -2.29. The van der Waals surface area contributed by atoms with E-state index in [2.05, 4.69) is 10.2 Å². The van der Waals surface area contributed by atoms with Crippen LogP contribution < -0.4 is 0 Å². The van der Waals surface area contributed by atoms with Gasteiger partial charge in [0.05, 0.1) is 17.4 Å². The first-order chi connectivity index (χ1) is 11.7. The number of aryl methyl sites for hydroxylation is 1. The first-order valence-corrected chi connectivity index (χ1v) is 7.89. The maximum atomic E-state index is 12.6. The first-order valence-electron chi connectivity index (χ1n) is 7.89. The summed E-state index contributed by atoms with van der Waals surface area (Å²) in [6, 6.07) is 6.00. The molecular formula is C17H18F3N3O2. The van der Waals surface area contributed by atoms with E-state index in [1.807, 2.05) is 13.0 Å². The lowest BCUT2D eigenvalue weighted by atomic mass is 10.00. The molecule has 1 saturated heterocycles. The molecule has 1 aliphatic rings. The van der Waals surface area contributed by atoms with Gasteiger partial charge in [-0.2, -0.15) is 18.3 Å². The van der Waals surface area contributed by atoms with Crippen molar-refractivity contribution >= 4 is 5.91 Å². The van der Waals surface area contributed by atoms with Gasteiger partial charge in [0.2, 0.25) is 0 Å². The number of β-amino-alcohol motifs (C(OH)–C–C–N with tert-alkyl or cyclic N) is 1. The summed E-state index contributed by atoms with van der Waals surface area (Å²) in [5.74, 6) is -0.533. The smallest absolute Gasteiger partial charge is 0.391 e. The van der Waals surface area contributed by atoms with Gasteiger partial charge in [-0.25, -0.2) is 0 Å². The standard InChI is InChI=1S/C17H18F3N3O2/c1-10-6-14(22-21-10)7-12-8-23(9-15(12)24)16(25)11-2-4-13(5-3-11)17(18,19)20/h2-6,12,15,24H,7-9H2,1H3,(H,21,22)/t12-,15-/m1/s1. The molecular weight excluding hydrogens is 335 g/mol. The number of aromatic amines is 1. The average Bonchev–Trinajstić information content (AvgIpc) is 3.12. The van der Waals surface area contributed by atoms with E-state index in [-0.39, 0.29) is 23.9 Å². The van der Waals surface area contributed by atoms with E-state index in [9.17, 15) is 23.1 Å². The Kier molecular flexibility index (Phi) is 4.55. The van der Waals surface area contributed by atoms with Crippen molar-refractivity contribution in [2.75, 3.05) is 13.1 Å². The number of nitrogens with zero attached hydrogens (tertiary/aromatic N) is 2. The Morgan fingerprint density at radius 2 is 2.00 bits per heavy atom. The van der Waals surface area contributed by atoms with E-state index in [1.54, 1.807) is 0 Å². The molecule has 1 aromatic carbocycles. The number of likely N-dealkylation sites (tertiary alicyclic amines) is 1. The van der Waals surface area contributed by atoms with Crippen molar-refractivity contribution in [3.63, 3.8) is 0 Å². The molecule has 0 bridgehead atoms. The van der Waals surface area contributed by atoms with Crippen LogP contribution in [0.2, 0.25) is 0 Å². The highest BCUT2D eigenvalue weighted by atomic mass is 19.4. The number of aromatic nitrogens is 2. The third-order valence-electron chi connectivity index (χ3n) is 4.38. The number of nitrogens with one attached hydrogen (secondary N) is 1. The highest BCUT2D eigenvalue weighted by molar-refractivity contribution is 5.94. The van der Waals surface area contributed by atoms with Crippen molar-refractivity contribution in [3.05, 3.63) is 52.8 Å². The van der Waals surface area contributed by atoms with Crippen molar-refractivity contribution in [2.45, 2.75) is 25.6 Å². The third-order valence-corrected chi connectivity index (χ3v) is 4.38. The minimum atomic E-state index is -4.43. The van der Waals surface area contributed by atoms with Crippen LogP contribution in [0.5, 0.6) is 0 Å². The number of aliphatic hydroxyl groups excluding tert-OH is 1. The fraction of sp³-hybridized carbons (Fsp3) is 0.412. The molecule has 2 heterocycles. The molecule has 2 N–H and O–H groups in total. The van der Waals surface area contributed by atoms with Gasteiger partial charge < -0.3 is 10.0 Å². The largest absolute Gasteiger partial charge is 0.416 e. The fourth-order valence-corrected chi connectivity index (χ4v) is 3.05. The molecule has 0 spiro atoms. The monoisotopic (exact) mass is 353 g/mol. The number of benzene rings is 1. The summed E-state index contributed by atoms with van der Waals surface area (Å²) in [4.78, 5) is 13.9. The van der Waals surface area contributed by atoms with Gasteiger partial charge in [0, 0.05) is 30.3 Å². The molecule has 5 nitrogen and oxygen atoms in total. The van der Waals surface area contributed by atoms with E-state index in [1.165, 1.54) is 17.0 Å². The Balaban J connectivity index is 1.67. The molecule has 3 rings (SSSR count). The summed E-state index contributed by atoms with van der Waals surface area (Å²) >= 11 is 0. The third kappa shape index (κ3) is 3.84. The van der Waals surface area contributed by atoms with Gasteiger partial charge in [-0.15, -0.1) is 0 Å². The van der Waals surface area contributed by atoms with Crippen LogP contribution in [0.4, 0.5) is 13.2 Å². The van der Waals surface area contributed by atoms with Gasteiger partial charge in [0.1, 0.15) is 0 Å². The molecule has 0 saturated carbocycles. The molecule has 25 heavy (non-hydrogen) atoms. The Morgan fingerprint density at radius 3 is 2.56 bits per heavy atom. The Morgan fingerprint density at radius 1 is 1.32 bits per heavy atom. The summed E-state index contributed by atoms with van der Waals surface area (Å²) in [6.07, 6.45) is -4.59. The van der Waals surface area contributed by atoms with Crippen molar-refractivity contribution in [2.24, 2.45) is 5.92 Å². The maximum Gasteiger partial charge on any atom is 0.416 e. The number of rotatable bonds is 3. The first kappa shape index (κ1) is 17.5. The topological polar surface area (TPSA) is 69.2 Å². The van der Waals surface area contributed by atoms with E-state index in [0.717, 1.165) is 23.5 Å². The quantitative estimate of drug-likeness (QED) is 0.890. The Labute approximate surface area is 142 Å². The van der Waals surface area contributed by atoms with Crippen LogP contribution in [-0.2, 0) is 12.6 Å². The number of hydrogen-bond donors (Lipinski definition) is 2. The van der Waals surface area contributed by atoms with Crippen LogP contribution in [0.15, 0.2) is 30.3 Å². The van der Waals surface area contributed by atoms with E-state index in [0.29, 0.717) is 13.0 Å². The molecule has 134 valence electrons. The molecule has 1 fully saturated rings. The van der Waals surface area contributed by atoms with Crippen LogP contribution in [-0.4, -0.2) is 45.3 Å². The van der Waals surface area contributed by atoms with Crippen molar-refractivity contribution in [3.8, 4) is 0 Å². The van der Waals surface area contributed by atoms with Gasteiger partial charge in [-0.3, -0.25) is 9.89 Å². The number of carbonyl (C=O) groups is 1. The lowest BCUT2D eigenvalue weighted by molar-refractivity contribution is -0.137. The number of aliphatic hydroxyl groups is 1. The predicted octanol–water partition coefficient (Wildman–Crippen LogP) is 2.41. The highest BCUT2D eigenvalue weighted by Gasteiger charge is 2.35. The minimum Gasteiger partial charge on any atom is -0.391 e. The summed E-state index contributed by atoms with van der Waals surface area (Å²) in [6.45, 7) is 2.38. The van der Waals surface area contributed by atoms with Gasteiger partial charge in [0.15, 0.2) is 0 Å². The van der Waals surface area contributed by atoms with Crippen LogP contribution in [0.1, 0.15) is 27.3 Å². The molecule has 0 aliphatic carbocycles. The fourth-order valence-electron chi connectivity index (χ4n) is 3.05. The zero-order valence-corrected chi connectivity index (χ0v) is 13.5. The van der Waals surface area contributed by atoms with Crippen LogP contribution in [0.25, 0.3) is 0 Å². The second-order valence-corrected chi connectivity index (χ2v) is 6.36. The summed E-state index contributed by atoms with van der Waals surface area (Å²) in [7, 11) is 0. The predicted molar refractivity (Wildman–Crippen MR) is 83.9 cm³/mol. The normalized spacial score (nSPS) is 20.9. The second-order valence-electron chi connectivity index (χ2n) is 6.36. The van der Waals surface area contributed by atoms with Crippen molar-refractivity contribution in [1.29, 1.82) is 0 Å². The minimum absolute atomic E-state index is 0.152. The number of H-pyrrole nitrogens is 1. The van der Waals surface area contributed by atoms with Crippen LogP contribution >= 0.6 is 0 Å². The van der Waals surface area contributed by atoms with Crippen molar-refractivity contribution < 1.29 is 23.1 Å². The summed E-state index contributed by atoms with van der Waals surface area (Å²) < 4.78 is 37.8. The molecule has 2 atom stereocenters. The second kappa shape index (κ2) is 6.51. The molecule has 0 radical (unpaired) electrons. The number of hydrogen-bond acceptors (Lipinski definition) is 3.